The van der Waals surface area contributed by atoms with E-state index in [1.165, 1.54) is 70.3 Å². The fraction of sp³-hybridized carbons (Fsp3) is 0.167. The molecule has 0 fully saturated rings. The van der Waals surface area contributed by atoms with Gasteiger partial charge in [0.15, 0.2) is 0 Å². The third-order valence-electron chi connectivity index (χ3n) is 10.7. The summed E-state index contributed by atoms with van der Waals surface area (Å²) in [5.74, 6) is -2.54. The lowest BCUT2D eigenvalue weighted by Crippen LogP contribution is -2.22. The van der Waals surface area contributed by atoms with Gasteiger partial charge in [-0.1, -0.05) is 24.3 Å². The van der Waals surface area contributed by atoms with Crippen molar-refractivity contribution < 1.29 is 56.4 Å². The van der Waals surface area contributed by atoms with Gasteiger partial charge in [0, 0.05) is 47.3 Å². The lowest BCUT2D eigenvalue weighted by Gasteiger charge is -2.22. The Morgan fingerprint density at radius 1 is 0.529 bits per heavy atom. The van der Waals surface area contributed by atoms with Crippen LogP contribution in [0.3, 0.4) is 0 Å². The molecular formula is C48H40F6N10O6. The molecule has 2 atom stereocenters. The predicted octanol–water partition coefficient (Wildman–Crippen LogP) is 9.37. The van der Waals surface area contributed by atoms with Crippen molar-refractivity contribution in [2.45, 2.75) is 51.2 Å². The Kier molecular flexibility index (Phi) is 13.6. The molecule has 0 radical (unpaired) electrons. The lowest BCUT2D eigenvalue weighted by molar-refractivity contribution is -0.141. The zero-order chi connectivity index (χ0) is 50.8. The van der Waals surface area contributed by atoms with E-state index in [0.717, 1.165) is 35.7 Å². The highest BCUT2D eigenvalue weighted by Crippen LogP contribution is 2.34. The van der Waals surface area contributed by atoms with E-state index in [1.54, 1.807) is 50.5 Å². The first-order valence-electron chi connectivity index (χ1n) is 20.7. The van der Waals surface area contributed by atoms with Gasteiger partial charge < -0.3 is 31.1 Å². The number of carboxylic acids is 2. The number of nitrogens with one attached hydrogen (secondary N) is 2. The molecule has 0 saturated heterocycles. The molecule has 0 aliphatic heterocycles. The molecule has 16 nitrogen and oxygen atoms in total. The fourth-order valence-electron chi connectivity index (χ4n) is 6.99. The summed E-state index contributed by atoms with van der Waals surface area (Å²) in [5.41, 5.74) is 0.727. The average molecular weight is 967 g/mol. The largest absolute Gasteiger partial charge is 0.478 e. The number of nitrogens with zero attached hydrogens (tertiary/aromatic N) is 8. The molecule has 4 aromatic carbocycles. The van der Waals surface area contributed by atoms with Gasteiger partial charge in [0.05, 0.1) is 34.9 Å². The predicted molar refractivity (Wildman–Crippen MR) is 241 cm³/mol. The van der Waals surface area contributed by atoms with Gasteiger partial charge in [0.1, 0.15) is 22.6 Å². The molecule has 0 aliphatic rings. The van der Waals surface area contributed by atoms with E-state index in [9.17, 15) is 46.1 Å². The molecular weight excluding hydrogens is 927 g/mol. The maximum Gasteiger partial charge on any atom is 0.433 e. The average Bonchev–Trinajstić information content (AvgIpc) is 4.02. The molecule has 4 heterocycles. The van der Waals surface area contributed by atoms with Crippen molar-refractivity contribution in [3.05, 3.63) is 190 Å². The van der Waals surface area contributed by atoms with Crippen LogP contribution in [0.15, 0.2) is 134 Å². The number of alkyl halides is 6. The van der Waals surface area contributed by atoms with Crippen molar-refractivity contribution in [3.8, 4) is 11.4 Å². The quantitative estimate of drug-likeness (QED) is 0.0628. The number of aromatic carboxylic acids is 2. The molecule has 8 aromatic rings. The van der Waals surface area contributed by atoms with Crippen molar-refractivity contribution in [3.63, 3.8) is 0 Å². The van der Waals surface area contributed by atoms with Gasteiger partial charge in [-0.05, 0) is 123 Å². The molecule has 0 saturated carbocycles. The zero-order valence-corrected chi connectivity index (χ0v) is 37.2. The Hall–Kier alpha value is -8.50. The summed E-state index contributed by atoms with van der Waals surface area (Å²) < 4.78 is 80.8. The fourth-order valence-corrected chi connectivity index (χ4v) is 6.99. The van der Waals surface area contributed by atoms with Crippen molar-refractivity contribution in [1.82, 2.24) is 39.5 Å². The van der Waals surface area contributed by atoms with E-state index < -0.39 is 46.9 Å². The van der Waals surface area contributed by atoms with Crippen molar-refractivity contribution in [1.29, 1.82) is 0 Å². The number of benzene rings is 4. The van der Waals surface area contributed by atoms with Crippen LogP contribution >= 0.6 is 0 Å². The Morgan fingerprint density at radius 2 is 0.886 bits per heavy atom. The highest BCUT2D eigenvalue weighted by Gasteiger charge is 2.34. The Bertz CT molecular complexity index is 2980. The maximum absolute atomic E-state index is 13.0. The van der Waals surface area contributed by atoms with E-state index in [1.807, 2.05) is 26.0 Å². The minimum absolute atomic E-state index is 0.102. The van der Waals surface area contributed by atoms with Crippen LogP contribution in [-0.2, 0) is 23.6 Å². The molecule has 2 unspecified atom stereocenters. The highest BCUT2D eigenvalue weighted by molar-refractivity contribution is 5.88. The number of carbonyl (C=O) groups is 2. The van der Waals surface area contributed by atoms with Crippen LogP contribution in [0, 0.1) is 13.8 Å². The molecule has 4 aromatic heterocycles. The first-order chi connectivity index (χ1) is 32.9. The summed E-state index contributed by atoms with van der Waals surface area (Å²) >= 11 is 0. The minimum atomic E-state index is -4.59. The van der Waals surface area contributed by atoms with Crippen molar-refractivity contribution >= 4 is 35.2 Å². The second-order valence-electron chi connectivity index (χ2n) is 16.1. The standard InChI is InChI=1S/2C24H20F3N5O3/c2*1-14-9-18(30-22-28-8-7-20(31-22)24(25,26)27)11-19(10-14)32-13-17(12-29-32)23(2,35)16-5-3-15(4-6-16)21(33)34/h2*3-13,35H,1-2H3,(H,33,34)(H,28,30,31). The number of anilines is 4. The van der Waals surface area contributed by atoms with Crippen LogP contribution in [0.5, 0.6) is 0 Å². The minimum Gasteiger partial charge on any atom is -0.478 e. The molecule has 22 heteroatoms. The number of hydrogen-bond donors (Lipinski definition) is 6. The molecule has 360 valence electrons. The van der Waals surface area contributed by atoms with Crippen LogP contribution in [0.2, 0.25) is 0 Å². The second-order valence-corrected chi connectivity index (χ2v) is 16.1. The molecule has 8 rings (SSSR count). The summed E-state index contributed by atoms with van der Waals surface area (Å²) in [6, 6.07) is 23.7. The maximum atomic E-state index is 13.0. The van der Waals surface area contributed by atoms with Crippen molar-refractivity contribution in [2.24, 2.45) is 0 Å². The second kappa shape index (κ2) is 19.2. The molecule has 0 amide bonds. The third-order valence-corrected chi connectivity index (χ3v) is 10.7. The first-order valence-corrected chi connectivity index (χ1v) is 20.7. The van der Waals surface area contributed by atoms with E-state index in [-0.39, 0.29) is 23.0 Å². The molecule has 70 heavy (non-hydrogen) atoms. The monoisotopic (exact) mass is 966 g/mol. The number of hydrogen-bond acceptors (Lipinski definition) is 12. The molecule has 6 N–H and O–H groups in total. The van der Waals surface area contributed by atoms with Gasteiger partial charge in [-0.3, -0.25) is 0 Å². The zero-order valence-electron chi connectivity index (χ0n) is 37.2. The van der Waals surface area contributed by atoms with Crippen LogP contribution < -0.4 is 10.6 Å². The summed E-state index contributed by atoms with van der Waals surface area (Å²) in [4.78, 5) is 36.9. The number of rotatable bonds is 12. The van der Waals surface area contributed by atoms with Gasteiger partial charge in [-0.15, -0.1) is 0 Å². The number of aliphatic hydroxyl groups is 2. The summed E-state index contributed by atoms with van der Waals surface area (Å²) in [6.45, 7) is 6.76. The highest BCUT2D eigenvalue weighted by atomic mass is 19.4. The van der Waals surface area contributed by atoms with E-state index in [4.69, 9.17) is 10.2 Å². The number of aromatic nitrogens is 8. The molecule has 0 bridgehead atoms. The summed E-state index contributed by atoms with van der Waals surface area (Å²) in [5, 5.41) is 54.6. The lowest BCUT2D eigenvalue weighted by atomic mass is 9.90. The Labute approximate surface area is 393 Å². The molecule has 0 spiro atoms. The van der Waals surface area contributed by atoms with Gasteiger partial charge in [0.25, 0.3) is 0 Å². The van der Waals surface area contributed by atoms with Crippen molar-refractivity contribution in [2.75, 3.05) is 10.6 Å². The summed E-state index contributed by atoms with van der Waals surface area (Å²) in [7, 11) is 0. The van der Waals surface area contributed by atoms with E-state index >= 15 is 0 Å². The Morgan fingerprint density at radius 3 is 1.21 bits per heavy atom. The number of carboxylic acid groups (broad SMARTS) is 2. The van der Waals surface area contributed by atoms with E-state index in [2.05, 4.69) is 40.8 Å². The number of halogens is 6. The van der Waals surface area contributed by atoms with Gasteiger partial charge in [0.2, 0.25) is 11.9 Å². The summed E-state index contributed by atoms with van der Waals surface area (Å²) in [6.07, 6.45) is -0.928. The Balaban J connectivity index is 0.000000206. The number of aryl methyl sites for hydroxylation is 2. The van der Waals surface area contributed by atoms with Gasteiger partial charge in [-0.25, -0.2) is 38.9 Å². The smallest absolute Gasteiger partial charge is 0.433 e. The normalized spacial score (nSPS) is 13.3. The van der Waals surface area contributed by atoms with Crippen LogP contribution in [-0.4, -0.2) is 71.9 Å². The third kappa shape index (κ3) is 11.4. The van der Waals surface area contributed by atoms with Crippen LogP contribution in [0.1, 0.15) is 79.3 Å². The van der Waals surface area contributed by atoms with Gasteiger partial charge in [-0.2, -0.15) is 36.5 Å². The topological polar surface area (TPSA) is 226 Å². The first kappa shape index (κ1) is 49.4. The van der Waals surface area contributed by atoms with Gasteiger partial charge >= 0.3 is 24.3 Å². The SMILES string of the molecule is Cc1cc(Nc2nccc(C(F)(F)F)n2)cc(-n2cc(C(C)(O)c3ccc(C(=O)O)cc3)cn2)c1.Cc1cc(Nc2nccc(C(F)(F)F)n2)cc(-n2cc(C(C)(O)c3ccc(C(=O)O)cc3)cn2)c1. The molecule has 0 aliphatic carbocycles. The van der Waals surface area contributed by atoms with Crippen LogP contribution in [0.4, 0.5) is 49.6 Å². The van der Waals surface area contributed by atoms with E-state index in [0.29, 0.717) is 45.0 Å². The van der Waals surface area contributed by atoms with Crippen LogP contribution in [0.25, 0.3) is 11.4 Å².